The van der Waals surface area contributed by atoms with Crippen molar-refractivity contribution in [3.05, 3.63) is 107 Å². The van der Waals surface area contributed by atoms with Gasteiger partial charge in [-0.15, -0.1) is 0 Å². The smallest absolute Gasteiger partial charge is 0.253 e. The van der Waals surface area contributed by atoms with Gasteiger partial charge in [0.25, 0.3) is 5.91 Å². The number of carbonyl (C=O) groups excluding carboxylic acids is 1. The Bertz CT molecular complexity index is 1100. The van der Waals surface area contributed by atoms with Crippen LogP contribution >= 0.6 is 0 Å². The van der Waals surface area contributed by atoms with Crippen LogP contribution < -0.4 is 5.32 Å². The van der Waals surface area contributed by atoms with Gasteiger partial charge in [0.1, 0.15) is 11.6 Å². The van der Waals surface area contributed by atoms with Gasteiger partial charge in [-0.2, -0.15) is 0 Å². The maximum Gasteiger partial charge on any atom is 0.253 e. The molecule has 0 unspecified atom stereocenters. The summed E-state index contributed by atoms with van der Waals surface area (Å²) in [5, 5.41) is 2.73. The van der Waals surface area contributed by atoms with E-state index in [4.69, 9.17) is 0 Å². The van der Waals surface area contributed by atoms with Gasteiger partial charge in [-0.25, -0.2) is 8.78 Å². The molecule has 3 rings (SSSR count). The van der Waals surface area contributed by atoms with Crippen molar-refractivity contribution in [2.24, 2.45) is 0 Å². The first-order chi connectivity index (χ1) is 14.5. The van der Waals surface area contributed by atoms with Gasteiger partial charge in [-0.1, -0.05) is 42.5 Å². The lowest BCUT2D eigenvalue weighted by molar-refractivity contribution is 0.0950. The summed E-state index contributed by atoms with van der Waals surface area (Å²) in [5.41, 5.74) is 3.96. The number of benzene rings is 2. The Labute approximate surface area is 174 Å². The fraction of sp³-hybridized carbons (Fsp3) is 0.120. The molecule has 1 heterocycles. The van der Waals surface area contributed by atoms with Gasteiger partial charge < -0.3 is 5.32 Å². The van der Waals surface area contributed by atoms with Crippen LogP contribution in [0.2, 0.25) is 0 Å². The van der Waals surface area contributed by atoms with Crippen LogP contribution in [0.15, 0.2) is 79.2 Å². The number of carbonyl (C=O) groups is 1. The molecule has 0 aliphatic carbocycles. The van der Waals surface area contributed by atoms with Crippen molar-refractivity contribution in [1.82, 2.24) is 10.3 Å². The lowest BCUT2D eigenvalue weighted by Crippen LogP contribution is -2.23. The summed E-state index contributed by atoms with van der Waals surface area (Å²) in [7, 11) is 0. The standard InChI is InChI=1S/C25H22F2N2O/c1-3-4-5-17(2)21-12-22(15-28-14-21)25(30)29-16-20-7-6-19(13-24(20)27)18-8-10-23(26)11-9-18/h3-15H,16H2,1-2H3,(H,29,30)/b4-3-,17-5+. The van der Waals surface area contributed by atoms with Crippen molar-refractivity contribution >= 4 is 11.5 Å². The monoisotopic (exact) mass is 404 g/mol. The molecule has 0 fully saturated rings. The van der Waals surface area contributed by atoms with E-state index in [1.165, 1.54) is 24.4 Å². The molecule has 0 aliphatic heterocycles. The minimum absolute atomic E-state index is 0.0476. The van der Waals surface area contributed by atoms with Crippen LogP contribution in [-0.4, -0.2) is 10.9 Å². The third kappa shape index (κ3) is 5.26. The van der Waals surface area contributed by atoms with E-state index >= 15 is 0 Å². The average Bonchev–Trinajstić information content (AvgIpc) is 2.77. The van der Waals surface area contributed by atoms with E-state index in [0.29, 0.717) is 16.7 Å². The highest BCUT2D eigenvalue weighted by atomic mass is 19.1. The van der Waals surface area contributed by atoms with Crippen molar-refractivity contribution in [1.29, 1.82) is 0 Å². The van der Waals surface area contributed by atoms with E-state index in [1.54, 1.807) is 36.5 Å². The SMILES string of the molecule is C/C=C\C=C(/C)c1cncc(C(=O)NCc2ccc(-c3ccc(F)cc3)cc2F)c1. The van der Waals surface area contributed by atoms with Crippen LogP contribution in [0.25, 0.3) is 16.7 Å². The van der Waals surface area contributed by atoms with E-state index in [9.17, 15) is 13.6 Å². The van der Waals surface area contributed by atoms with Crippen molar-refractivity contribution in [3.63, 3.8) is 0 Å². The summed E-state index contributed by atoms with van der Waals surface area (Å²) >= 11 is 0. The molecule has 3 nitrogen and oxygen atoms in total. The summed E-state index contributed by atoms with van der Waals surface area (Å²) in [5.74, 6) is -1.11. The lowest BCUT2D eigenvalue weighted by Gasteiger charge is -2.09. The Morgan fingerprint density at radius 3 is 2.40 bits per heavy atom. The molecule has 1 N–H and O–H groups in total. The zero-order valence-electron chi connectivity index (χ0n) is 16.8. The first kappa shape index (κ1) is 21.1. The maximum absolute atomic E-state index is 14.5. The highest BCUT2D eigenvalue weighted by molar-refractivity contribution is 5.94. The number of hydrogen-bond donors (Lipinski definition) is 1. The molecule has 0 saturated carbocycles. The van der Waals surface area contributed by atoms with Crippen molar-refractivity contribution in [2.45, 2.75) is 20.4 Å². The molecule has 0 atom stereocenters. The van der Waals surface area contributed by atoms with Gasteiger partial charge in [-0.05, 0) is 60.4 Å². The maximum atomic E-state index is 14.5. The second-order valence-corrected chi connectivity index (χ2v) is 6.83. The summed E-state index contributed by atoms with van der Waals surface area (Å²) in [6, 6.07) is 12.4. The van der Waals surface area contributed by atoms with Crippen LogP contribution in [0, 0.1) is 11.6 Å². The molecule has 1 amide bonds. The summed E-state index contributed by atoms with van der Waals surface area (Å²) in [4.78, 5) is 16.6. The molecule has 1 aromatic heterocycles. The van der Waals surface area contributed by atoms with Gasteiger partial charge >= 0.3 is 0 Å². The molecule has 0 saturated heterocycles. The predicted molar refractivity (Wildman–Crippen MR) is 116 cm³/mol. The van der Waals surface area contributed by atoms with E-state index < -0.39 is 5.82 Å². The quantitative estimate of drug-likeness (QED) is 0.517. The number of nitrogens with zero attached hydrogens (tertiary/aromatic N) is 1. The highest BCUT2D eigenvalue weighted by Crippen LogP contribution is 2.22. The van der Waals surface area contributed by atoms with Gasteiger partial charge in [0, 0.05) is 24.5 Å². The normalized spacial score (nSPS) is 11.7. The number of allylic oxidation sites excluding steroid dienone is 4. The van der Waals surface area contributed by atoms with Crippen LogP contribution in [0.5, 0.6) is 0 Å². The number of aromatic nitrogens is 1. The second-order valence-electron chi connectivity index (χ2n) is 6.83. The third-order valence-corrected chi connectivity index (χ3v) is 4.66. The number of hydrogen-bond acceptors (Lipinski definition) is 2. The Morgan fingerprint density at radius 1 is 1.00 bits per heavy atom. The van der Waals surface area contributed by atoms with Crippen LogP contribution in [-0.2, 0) is 6.54 Å². The molecule has 0 radical (unpaired) electrons. The zero-order chi connectivity index (χ0) is 21.5. The Kier molecular flexibility index (Phi) is 6.86. The number of nitrogens with one attached hydrogen (secondary N) is 1. The first-order valence-corrected chi connectivity index (χ1v) is 9.55. The van der Waals surface area contributed by atoms with E-state index in [1.807, 2.05) is 32.1 Å². The van der Waals surface area contributed by atoms with Gasteiger partial charge in [0.15, 0.2) is 0 Å². The molecule has 0 aliphatic rings. The summed E-state index contributed by atoms with van der Waals surface area (Å²) in [6.07, 6.45) is 8.95. The van der Waals surface area contributed by atoms with Crippen molar-refractivity contribution < 1.29 is 13.6 Å². The number of halogens is 2. The highest BCUT2D eigenvalue weighted by Gasteiger charge is 2.10. The fourth-order valence-electron chi connectivity index (χ4n) is 2.91. The molecular weight excluding hydrogens is 382 g/mol. The molecule has 0 spiro atoms. The Morgan fingerprint density at radius 2 is 1.70 bits per heavy atom. The lowest BCUT2D eigenvalue weighted by atomic mass is 10.0. The average molecular weight is 404 g/mol. The minimum Gasteiger partial charge on any atom is -0.348 e. The van der Waals surface area contributed by atoms with Crippen molar-refractivity contribution in [2.75, 3.05) is 0 Å². The van der Waals surface area contributed by atoms with Crippen LogP contribution in [0.1, 0.15) is 35.3 Å². The molecule has 3 aromatic rings. The third-order valence-electron chi connectivity index (χ3n) is 4.66. The zero-order valence-corrected chi connectivity index (χ0v) is 16.8. The number of rotatable bonds is 6. The van der Waals surface area contributed by atoms with Crippen molar-refractivity contribution in [3.8, 4) is 11.1 Å². The largest absolute Gasteiger partial charge is 0.348 e. The topological polar surface area (TPSA) is 42.0 Å². The Balaban J connectivity index is 1.69. The molecule has 152 valence electrons. The van der Waals surface area contributed by atoms with Crippen LogP contribution in [0.4, 0.5) is 8.78 Å². The molecule has 2 aromatic carbocycles. The number of amides is 1. The van der Waals surface area contributed by atoms with Gasteiger partial charge in [0.05, 0.1) is 5.56 Å². The van der Waals surface area contributed by atoms with Gasteiger partial charge in [0.2, 0.25) is 0 Å². The van der Waals surface area contributed by atoms with Gasteiger partial charge in [-0.3, -0.25) is 9.78 Å². The minimum atomic E-state index is -0.436. The van der Waals surface area contributed by atoms with E-state index in [-0.39, 0.29) is 18.3 Å². The predicted octanol–water partition coefficient (Wildman–Crippen LogP) is 5.94. The summed E-state index contributed by atoms with van der Waals surface area (Å²) in [6.45, 7) is 3.92. The summed E-state index contributed by atoms with van der Waals surface area (Å²) < 4.78 is 27.6. The molecule has 30 heavy (non-hydrogen) atoms. The van der Waals surface area contributed by atoms with Crippen LogP contribution in [0.3, 0.4) is 0 Å². The molecular formula is C25H22F2N2O. The first-order valence-electron chi connectivity index (χ1n) is 9.55. The molecule has 5 heteroatoms. The molecule has 0 bridgehead atoms. The van der Waals surface area contributed by atoms with E-state index in [2.05, 4.69) is 10.3 Å². The Hall–Kier alpha value is -3.60. The van der Waals surface area contributed by atoms with E-state index in [0.717, 1.165) is 16.7 Å². The number of pyridine rings is 1. The second kappa shape index (κ2) is 9.74. The fourth-order valence-corrected chi connectivity index (χ4v) is 2.91.